The van der Waals surface area contributed by atoms with E-state index in [2.05, 4.69) is 15.0 Å². The summed E-state index contributed by atoms with van der Waals surface area (Å²) in [6.07, 6.45) is 3.02. The maximum atomic E-state index is 11.6. The monoisotopic (exact) mass is 328 g/mol. The summed E-state index contributed by atoms with van der Waals surface area (Å²) in [7, 11) is -3.25. The molecule has 4 N–H and O–H groups in total. The first kappa shape index (κ1) is 16.1. The second-order valence-corrected chi connectivity index (χ2v) is 7.32. The van der Waals surface area contributed by atoms with Gasteiger partial charge in [0, 0.05) is 18.8 Å². The average Bonchev–Trinajstić information content (AvgIpc) is 2.84. The number of nitrogens with one attached hydrogen (secondary N) is 2. The van der Waals surface area contributed by atoms with E-state index >= 15 is 0 Å². The molecule has 0 spiro atoms. The number of aryl methyl sites for hydroxylation is 2. The van der Waals surface area contributed by atoms with Crippen molar-refractivity contribution >= 4 is 33.0 Å². The number of rotatable bonds is 7. The lowest BCUT2D eigenvalue weighted by Gasteiger charge is -2.13. The van der Waals surface area contributed by atoms with Crippen molar-refractivity contribution in [2.75, 3.05) is 24.2 Å². The van der Waals surface area contributed by atoms with Gasteiger partial charge in [0.15, 0.2) is 0 Å². The first-order valence-electron chi connectivity index (χ1n) is 6.96. The highest BCUT2D eigenvalue weighted by Crippen LogP contribution is 2.25. The van der Waals surface area contributed by atoms with E-state index in [0.717, 1.165) is 25.0 Å². The van der Waals surface area contributed by atoms with Crippen LogP contribution in [-0.2, 0) is 22.9 Å². The summed E-state index contributed by atoms with van der Waals surface area (Å²) in [6.45, 7) is 2.40. The molecule has 0 radical (unpaired) electrons. The van der Waals surface area contributed by atoms with Gasteiger partial charge in [-0.05, 0) is 30.9 Å². The van der Waals surface area contributed by atoms with Crippen molar-refractivity contribution in [1.82, 2.24) is 9.71 Å². The number of pyridine rings is 1. The van der Waals surface area contributed by atoms with E-state index in [9.17, 15) is 8.42 Å². The van der Waals surface area contributed by atoms with Crippen molar-refractivity contribution in [2.24, 2.45) is 5.73 Å². The Hall–Kier alpha value is -1.25. The highest BCUT2D eigenvalue weighted by atomic mass is 32.2. The number of hydrogen-bond acceptors (Lipinski definition) is 5. The number of nitrogens with two attached hydrogens (primary N) is 1. The Morgan fingerprint density at radius 2 is 2.24 bits per heavy atom. The molecule has 1 aliphatic rings. The molecule has 1 aromatic rings. The molecule has 8 heteroatoms. The Morgan fingerprint density at radius 3 is 2.90 bits per heavy atom. The smallest absolute Gasteiger partial charge is 0.213 e. The standard InChI is InChI=1S/C13H20N4O2S2/c1-2-16-21(18,19)7-6-15-13-10(12(14)20)8-9-4-3-5-11(9)17-13/h8,16H,2-7H2,1H3,(H2,14,20)(H,15,17). The number of hydrogen-bond donors (Lipinski definition) is 3. The molecule has 0 unspecified atom stereocenters. The van der Waals surface area contributed by atoms with Crippen LogP contribution in [0.1, 0.15) is 30.2 Å². The third-order valence-corrected chi connectivity index (χ3v) is 5.03. The van der Waals surface area contributed by atoms with Crippen LogP contribution in [0.3, 0.4) is 0 Å². The Morgan fingerprint density at radius 1 is 1.48 bits per heavy atom. The lowest BCUT2D eigenvalue weighted by molar-refractivity contribution is 0.584. The van der Waals surface area contributed by atoms with Gasteiger partial charge in [0.2, 0.25) is 10.0 Å². The molecule has 1 heterocycles. The molecule has 2 rings (SSSR count). The number of thiocarbonyl (C=S) groups is 1. The van der Waals surface area contributed by atoms with Gasteiger partial charge in [-0.1, -0.05) is 19.1 Å². The molecule has 0 saturated heterocycles. The molecule has 0 aliphatic heterocycles. The fourth-order valence-corrected chi connectivity index (χ4v) is 3.50. The third kappa shape index (κ3) is 4.12. The van der Waals surface area contributed by atoms with Crippen LogP contribution in [0.15, 0.2) is 6.07 Å². The average molecular weight is 328 g/mol. The Bertz CT molecular complexity index is 644. The molecule has 0 aromatic carbocycles. The Balaban J connectivity index is 2.11. The van der Waals surface area contributed by atoms with E-state index in [1.807, 2.05) is 6.07 Å². The minimum absolute atomic E-state index is 0.0175. The second kappa shape index (κ2) is 6.67. The number of fused-ring (bicyclic) bond motifs is 1. The van der Waals surface area contributed by atoms with Crippen molar-refractivity contribution in [3.63, 3.8) is 0 Å². The zero-order valence-corrected chi connectivity index (χ0v) is 13.6. The summed E-state index contributed by atoms with van der Waals surface area (Å²) in [4.78, 5) is 4.82. The Labute approximate surface area is 130 Å². The maximum Gasteiger partial charge on any atom is 0.213 e. The van der Waals surface area contributed by atoms with Crippen molar-refractivity contribution in [1.29, 1.82) is 0 Å². The van der Waals surface area contributed by atoms with Crippen LogP contribution >= 0.6 is 12.2 Å². The van der Waals surface area contributed by atoms with Crippen LogP contribution in [0.5, 0.6) is 0 Å². The fourth-order valence-electron chi connectivity index (χ4n) is 2.39. The second-order valence-electron chi connectivity index (χ2n) is 4.95. The van der Waals surface area contributed by atoms with Gasteiger partial charge in [0.25, 0.3) is 0 Å². The van der Waals surface area contributed by atoms with E-state index in [1.165, 1.54) is 5.56 Å². The number of sulfonamides is 1. The van der Waals surface area contributed by atoms with Gasteiger partial charge < -0.3 is 11.1 Å². The molecule has 0 fully saturated rings. The molecule has 0 saturated carbocycles. The van der Waals surface area contributed by atoms with Gasteiger partial charge in [0.05, 0.1) is 11.3 Å². The molecule has 0 amide bonds. The predicted molar refractivity (Wildman–Crippen MR) is 88.1 cm³/mol. The third-order valence-electron chi connectivity index (χ3n) is 3.34. The van der Waals surface area contributed by atoms with Crippen molar-refractivity contribution in [2.45, 2.75) is 26.2 Å². The predicted octanol–water partition coefficient (Wildman–Crippen LogP) is 0.556. The van der Waals surface area contributed by atoms with Gasteiger partial charge in [-0.15, -0.1) is 0 Å². The number of nitrogens with zero attached hydrogens (tertiary/aromatic N) is 1. The van der Waals surface area contributed by atoms with E-state index in [4.69, 9.17) is 18.0 Å². The first-order chi connectivity index (χ1) is 9.93. The Kier molecular flexibility index (Phi) is 5.13. The minimum atomic E-state index is -3.25. The molecule has 116 valence electrons. The van der Waals surface area contributed by atoms with Gasteiger partial charge in [0.1, 0.15) is 10.8 Å². The molecular weight excluding hydrogens is 308 g/mol. The molecule has 6 nitrogen and oxygen atoms in total. The summed E-state index contributed by atoms with van der Waals surface area (Å²) in [6, 6.07) is 1.97. The number of aromatic nitrogens is 1. The van der Waals surface area contributed by atoms with Crippen LogP contribution in [0.25, 0.3) is 0 Å². The van der Waals surface area contributed by atoms with E-state index in [1.54, 1.807) is 6.92 Å². The van der Waals surface area contributed by atoms with Crippen LogP contribution in [0.4, 0.5) is 5.82 Å². The SMILES string of the molecule is CCNS(=O)(=O)CCNc1nc2c(cc1C(N)=S)CCC2. The van der Waals surface area contributed by atoms with Gasteiger partial charge in [-0.25, -0.2) is 18.1 Å². The van der Waals surface area contributed by atoms with E-state index in [-0.39, 0.29) is 17.3 Å². The zero-order chi connectivity index (χ0) is 15.5. The highest BCUT2D eigenvalue weighted by molar-refractivity contribution is 7.89. The van der Waals surface area contributed by atoms with Crippen LogP contribution < -0.4 is 15.8 Å². The van der Waals surface area contributed by atoms with Crippen LogP contribution in [0.2, 0.25) is 0 Å². The topological polar surface area (TPSA) is 97.1 Å². The van der Waals surface area contributed by atoms with E-state index in [0.29, 0.717) is 17.9 Å². The van der Waals surface area contributed by atoms with Gasteiger partial charge >= 0.3 is 0 Å². The van der Waals surface area contributed by atoms with Crippen molar-refractivity contribution in [3.05, 3.63) is 22.9 Å². The number of anilines is 1. The van der Waals surface area contributed by atoms with Gasteiger partial charge in [-0.2, -0.15) is 0 Å². The van der Waals surface area contributed by atoms with Crippen molar-refractivity contribution in [3.8, 4) is 0 Å². The summed E-state index contributed by atoms with van der Waals surface area (Å²) >= 11 is 5.05. The summed E-state index contributed by atoms with van der Waals surface area (Å²) in [5, 5.41) is 3.04. The van der Waals surface area contributed by atoms with E-state index < -0.39 is 10.0 Å². The molecular formula is C13H20N4O2S2. The summed E-state index contributed by atoms with van der Waals surface area (Å²) in [5.74, 6) is 0.561. The van der Waals surface area contributed by atoms with Crippen LogP contribution in [-0.4, -0.2) is 37.2 Å². The largest absolute Gasteiger partial charge is 0.389 e. The normalized spacial score (nSPS) is 14.0. The van der Waals surface area contributed by atoms with Gasteiger partial charge in [-0.3, -0.25) is 0 Å². The lowest BCUT2D eigenvalue weighted by Crippen LogP contribution is -2.29. The highest BCUT2D eigenvalue weighted by Gasteiger charge is 2.18. The minimum Gasteiger partial charge on any atom is -0.389 e. The molecule has 0 bridgehead atoms. The first-order valence-corrected chi connectivity index (χ1v) is 9.03. The molecule has 21 heavy (non-hydrogen) atoms. The summed E-state index contributed by atoms with van der Waals surface area (Å²) in [5.41, 5.74) is 8.65. The van der Waals surface area contributed by atoms with Crippen LogP contribution in [0, 0.1) is 0 Å². The zero-order valence-electron chi connectivity index (χ0n) is 12.0. The van der Waals surface area contributed by atoms with Crippen molar-refractivity contribution < 1.29 is 8.42 Å². The lowest BCUT2D eigenvalue weighted by atomic mass is 10.1. The quantitative estimate of drug-likeness (QED) is 0.633. The maximum absolute atomic E-state index is 11.6. The molecule has 0 atom stereocenters. The fraction of sp³-hybridized carbons (Fsp3) is 0.538. The summed E-state index contributed by atoms with van der Waals surface area (Å²) < 4.78 is 25.7. The molecule has 1 aromatic heterocycles. The molecule has 1 aliphatic carbocycles.